The zero-order valence-electron chi connectivity index (χ0n) is 29.5. The van der Waals surface area contributed by atoms with Crippen molar-refractivity contribution in [3.8, 4) is 0 Å². The number of fused-ring (bicyclic) bond motifs is 1. The van der Waals surface area contributed by atoms with E-state index >= 15 is 0 Å². The van der Waals surface area contributed by atoms with Crippen LogP contribution in [0, 0.1) is 5.41 Å². The summed E-state index contributed by atoms with van der Waals surface area (Å²) in [6.07, 6.45) is -2.07. The Kier molecular flexibility index (Phi) is 11.9. The maximum absolute atomic E-state index is 13.1. The van der Waals surface area contributed by atoms with Crippen LogP contribution in [0.25, 0.3) is 23.1 Å². The number of aryl methyl sites for hydroxylation is 1. The lowest BCUT2D eigenvalue weighted by Gasteiger charge is -2.38. The van der Waals surface area contributed by atoms with Crippen molar-refractivity contribution in [2.24, 2.45) is 5.41 Å². The number of esters is 1. The van der Waals surface area contributed by atoms with Crippen molar-refractivity contribution in [3.05, 3.63) is 112 Å². The molecule has 3 aromatic carbocycles. The Labute approximate surface area is 317 Å². The normalized spacial score (nSPS) is 23.2. The Hall–Kier alpha value is -3.81. The topological polar surface area (TPSA) is 167 Å². The van der Waals surface area contributed by atoms with Gasteiger partial charge in [-0.05, 0) is 91.5 Å². The summed E-state index contributed by atoms with van der Waals surface area (Å²) in [6.45, 7) is 3.57. The van der Waals surface area contributed by atoms with E-state index in [9.17, 15) is 35.1 Å². The molecule has 6 unspecified atom stereocenters. The highest BCUT2D eigenvalue weighted by atomic mass is 35.5. The van der Waals surface area contributed by atoms with E-state index in [4.69, 9.17) is 26.1 Å². The minimum absolute atomic E-state index is 0.0178. The van der Waals surface area contributed by atoms with Crippen LogP contribution in [0.4, 0.5) is 0 Å². The summed E-state index contributed by atoms with van der Waals surface area (Å²) in [4.78, 5) is 29.3. The molecule has 0 spiro atoms. The molecule has 6 rings (SSSR count). The van der Waals surface area contributed by atoms with Gasteiger partial charge in [0.25, 0.3) is 0 Å². The van der Waals surface area contributed by atoms with E-state index < -0.39 is 48.2 Å². The number of pyridine rings is 1. The average molecular weight is 762 g/mol. The summed E-state index contributed by atoms with van der Waals surface area (Å²) in [6, 6.07) is 25.8. The van der Waals surface area contributed by atoms with E-state index in [0.717, 1.165) is 58.1 Å². The number of hydrogen-bond donors (Lipinski definition) is 5. The van der Waals surface area contributed by atoms with Crippen LogP contribution < -0.4 is 0 Å². The van der Waals surface area contributed by atoms with E-state index in [1.54, 1.807) is 25.6 Å². The number of ether oxygens (including phenoxy) is 2. The van der Waals surface area contributed by atoms with Crippen molar-refractivity contribution in [1.29, 1.82) is 0 Å². The Morgan fingerprint density at radius 3 is 2.49 bits per heavy atom. The number of aliphatic carboxylic acids is 1. The molecular weight excluding hydrogens is 718 g/mol. The molecule has 2 fully saturated rings. The molecule has 6 atom stereocenters. The number of thioether (sulfide) groups is 1. The average Bonchev–Trinajstić information content (AvgIpc) is 3.89. The number of carbonyl (C=O) groups is 2. The summed E-state index contributed by atoms with van der Waals surface area (Å²) in [5.41, 5.74) is 4.30. The molecule has 1 aliphatic carbocycles. The van der Waals surface area contributed by atoms with Crippen LogP contribution in [0.3, 0.4) is 0 Å². The lowest BCUT2D eigenvalue weighted by molar-refractivity contribution is -0.286. The number of nitrogens with zero attached hydrogens (tertiary/aromatic N) is 1. The predicted octanol–water partition coefficient (Wildman–Crippen LogP) is 6.30. The molecule has 1 saturated heterocycles. The SMILES string of the molecule is CC(C)(O)c1ccccc1CCC(SCC1(CC(=O)OC2OC(C(=O)O)C(O)C(O)C2O)CC1)c1cccc(C=Cc2ccc3ccc(Cl)cc3n2)c1. The van der Waals surface area contributed by atoms with Crippen molar-refractivity contribution < 1.29 is 44.6 Å². The van der Waals surface area contributed by atoms with Gasteiger partial charge in [-0.25, -0.2) is 9.78 Å². The lowest BCUT2D eigenvalue weighted by Crippen LogP contribution is -2.60. The number of carboxylic acids is 1. The number of aliphatic hydroxyl groups is 4. The number of carboxylic acid groups (broad SMARTS) is 1. The number of hydrogen-bond acceptors (Lipinski definition) is 10. The molecule has 1 aromatic heterocycles. The number of aliphatic hydroxyl groups excluding tert-OH is 3. The first kappa shape index (κ1) is 38.9. The predicted molar refractivity (Wildman–Crippen MR) is 204 cm³/mol. The third kappa shape index (κ3) is 9.66. The van der Waals surface area contributed by atoms with Crippen molar-refractivity contribution in [2.75, 3.05) is 5.75 Å². The van der Waals surface area contributed by atoms with Gasteiger partial charge in [-0.2, -0.15) is 11.8 Å². The molecule has 5 N–H and O–H groups in total. The highest BCUT2D eigenvalue weighted by Crippen LogP contribution is 2.53. The van der Waals surface area contributed by atoms with Crippen molar-refractivity contribution >= 4 is 58.4 Å². The molecule has 0 bridgehead atoms. The van der Waals surface area contributed by atoms with E-state index in [1.165, 1.54) is 0 Å². The van der Waals surface area contributed by atoms with Gasteiger partial charge in [-0.1, -0.05) is 78.3 Å². The molecule has 1 saturated carbocycles. The molecule has 53 heavy (non-hydrogen) atoms. The first-order chi connectivity index (χ1) is 25.2. The Balaban J connectivity index is 1.18. The van der Waals surface area contributed by atoms with Gasteiger partial charge in [0.2, 0.25) is 6.29 Å². The summed E-state index contributed by atoms with van der Waals surface area (Å²) < 4.78 is 10.5. The Morgan fingerprint density at radius 2 is 1.75 bits per heavy atom. The quantitative estimate of drug-likeness (QED) is 0.0916. The molecule has 0 radical (unpaired) electrons. The maximum Gasteiger partial charge on any atom is 0.335 e. The van der Waals surface area contributed by atoms with E-state index in [1.807, 2.05) is 78.9 Å². The van der Waals surface area contributed by atoms with Crippen molar-refractivity contribution in [3.63, 3.8) is 0 Å². The third-order valence-corrected chi connectivity index (χ3v) is 11.8. The smallest absolute Gasteiger partial charge is 0.335 e. The van der Waals surface area contributed by atoms with Gasteiger partial charge in [-0.3, -0.25) is 4.79 Å². The molecule has 0 amide bonds. The maximum atomic E-state index is 13.1. The van der Waals surface area contributed by atoms with Crippen LogP contribution in [0.2, 0.25) is 5.02 Å². The molecule has 2 heterocycles. The Morgan fingerprint density at radius 1 is 1.00 bits per heavy atom. The molecule has 1 aliphatic heterocycles. The van der Waals surface area contributed by atoms with Crippen molar-refractivity contribution in [2.45, 2.75) is 87.5 Å². The van der Waals surface area contributed by atoms with Crippen LogP contribution in [0.1, 0.15) is 72.7 Å². The highest BCUT2D eigenvalue weighted by Gasteiger charge is 2.50. The van der Waals surface area contributed by atoms with Crippen LogP contribution in [-0.4, -0.2) is 78.9 Å². The largest absolute Gasteiger partial charge is 0.479 e. The first-order valence-electron chi connectivity index (χ1n) is 17.6. The number of carbonyl (C=O) groups excluding carboxylic acids is 1. The minimum atomic E-state index is -1.88. The Bertz CT molecular complexity index is 1980. The monoisotopic (exact) mass is 761 g/mol. The van der Waals surface area contributed by atoms with Gasteiger partial charge in [0.15, 0.2) is 6.10 Å². The van der Waals surface area contributed by atoms with Gasteiger partial charge >= 0.3 is 11.9 Å². The van der Waals surface area contributed by atoms with Crippen LogP contribution in [-0.2, 0) is 31.1 Å². The fourth-order valence-electron chi connectivity index (χ4n) is 6.66. The van der Waals surface area contributed by atoms with Crippen LogP contribution in [0.15, 0.2) is 78.9 Å². The van der Waals surface area contributed by atoms with Crippen LogP contribution >= 0.6 is 23.4 Å². The van der Waals surface area contributed by atoms with E-state index in [2.05, 4.69) is 12.1 Å². The molecule has 280 valence electrons. The van der Waals surface area contributed by atoms with Gasteiger partial charge < -0.3 is 35.0 Å². The summed E-state index contributed by atoms with van der Waals surface area (Å²) in [5.74, 6) is -1.60. The number of halogens is 1. The second kappa shape index (κ2) is 16.3. The van der Waals surface area contributed by atoms with Gasteiger partial charge in [-0.15, -0.1) is 0 Å². The van der Waals surface area contributed by atoms with E-state index in [-0.39, 0.29) is 17.1 Å². The van der Waals surface area contributed by atoms with Crippen LogP contribution in [0.5, 0.6) is 0 Å². The molecule has 4 aromatic rings. The number of rotatable bonds is 14. The first-order valence-corrected chi connectivity index (χ1v) is 19.0. The minimum Gasteiger partial charge on any atom is -0.479 e. The fraction of sp³-hybridized carbons (Fsp3) is 0.390. The lowest BCUT2D eigenvalue weighted by atomic mass is 9.90. The molecular formula is C41H44ClNO9S. The summed E-state index contributed by atoms with van der Waals surface area (Å²) in [5, 5.41) is 52.3. The second-order valence-corrected chi connectivity index (χ2v) is 16.2. The summed E-state index contributed by atoms with van der Waals surface area (Å²) >= 11 is 7.94. The van der Waals surface area contributed by atoms with Gasteiger partial charge in [0.05, 0.1) is 23.2 Å². The zero-order chi connectivity index (χ0) is 37.9. The molecule has 12 heteroatoms. The number of benzene rings is 3. The van der Waals surface area contributed by atoms with E-state index in [0.29, 0.717) is 17.2 Å². The zero-order valence-corrected chi connectivity index (χ0v) is 31.0. The van der Waals surface area contributed by atoms with Crippen molar-refractivity contribution in [1.82, 2.24) is 4.98 Å². The molecule has 10 nitrogen and oxygen atoms in total. The second-order valence-electron chi connectivity index (χ2n) is 14.5. The highest BCUT2D eigenvalue weighted by molar-refractivity contribution is 7.99. The van der Waals surface area contributed by atoms with Gasteiger partial charge in [0, 0.05) is 21.4 Å². The number of aromatic nitrogens is 1. The standard InChI is InChI=1S/C41H44ClNO9S/c1-40(2,50)30-9-4-3-7-25(30)13-17-32(27-8-5-6-24(20-27)10-15-29-16-12-26-11-14-28(42)21-31(26)43-29)53-23-41(18-19-41)22-33(44)51-39-36(47)34(45)35(46)37(52-39)38(48)49/h3-12,14-16,20-21,32,34-37,39,45-47,50H,13,17-19,22-23H2,1-2H3,(H,48,49). The fourth-order valence-corrected chi connectivity index (χ4v) is 8.40. The summed E-state index contributed by atoms with van der Waals surface area (Å²) in [7, 11) is 0. The third-order valence-electron chi connectivity index (χ3n) is 9.88. The molecule has 2 aliphatic rings. The van der Waals surface area contributed by atoms with Gasteiger partial charge in [0.1, 0.15) is 18.3 Å².